The molecular formula is C15H17Cl2NO2. The summed E-state index contributed by atoms with van der Waals surface area (Å²) >= 11 is 11.8. The molecule has 0 aromatic heterocycles. The summed E-state index contributed by atoms with van der Waals surface area (Å²) in [7, 11) is 0. The van der Waals surface area contributed by atoms with Crippen LogP contribution in [0.1, 0.15) is 30.4 Å². The van der Waals surface area contributed by atoms with Gasteiger partial charge in [0.15, 0.2) is 0 Å². The standard InChI is InChI=1S/C15H17Cl2NO2/c16-15(17)8-12(15)13(19)18-9-14(20)7-3-5-10-4-1-2-6-11(10)14/h1-2,4,6,12,20H,3,5,7-9H2,(H,18,19)/t12-,14+/m0/s1. The minimum atomic E-state index is -0.985. The van der Waals surface area contributed by atoms with Gasteiger partial charge in [0.05, 0.1) is 12.5 Å². The molecule has 3 rings (SSSR count). The number of fused-ring (bicyclic) bond motifs is 1. The van der Waals surface area contributed by atoms with Crippen LogP contribution in [0.3, 0.4) is 0 Å². The summed E-state index contributed by atoms with van der Waals surface area (Å²) in [6.45, 7) is 0.212. The molecule has 0 radical (unpaired) electrons. The fourth-order valence-corrected chi connectivity index (χ4v) is 3.44. The highest BCUT2D eigenvalue weighted by Gasteiger charge is 2.56. The molecule has 2 atom stereocenters. The summed E-state index contributed by atoms with van der Waals surface area (Å²) in [6, 6.07) is 7.86. The highest BCUT2D eigenvalue weighted by atomic mass is 35.5. The maximum atomic E-state index is 11.9. The number of rotatable bonds is 3. The van der Waals surface area contributed by atoms with Crippen LogP contribution in [-0.2, 0) is 16.8 Å². The molecule has 2 aliphatic carbocycles. The van der Waals surface area contributed by atoms with Gasteiger partial charge >= 0.3 is 0 Å². The highest BCUT2D eigenvalue weighted by molar-refractivity contribution is 6.52. The van der Waals surface area contributed by atoms with Crippen LogP contribution >= 0.6 is 23.2 Å². The van der Waals surface area contributed by atoms with E-state index in [-0.39, 0.29) is 18.4 Å². The third kappa shape index (κ3) is 2.54. The van der Waals surface area contributed by atoms with Crippen molar-refractivity contribution >= 4 is 29.1 Å². The van der Waals surface area contributed by atoms with Gasteiger partial charge in [0.2, 0.25) is 5.91 Å². The van der Waals surface area contributed by atoms with Gasteiger partial charge < -0.3 is 10.4 Å². The third-order valence-corrected chi connectivity index (χ3v) is 5.09. The summed E-state index contributed by atoms with van der Waals surface area (Å²) in [4.78, 5) is 11.9. The number of hydrogen-bond donors (Lipinski definition) is 2. The van der Waals surface area contributed by atoms with Gasteiger partial charge in [-0.15, -0.1) is 23.2 Å². The summed E-state index contributed by atoms with van der Waals surface area (Å²) in [5, 5.41) is 13.6. The SMILES string of the molecule is O=C(NC[C@]1(O)CCCc2ccccc21)[C@@H]1CC1(Cl)Cl. The van der Waals surface area contributed by atoms with Gasteiger partial charge in [0, 0.05) is 0 Å². The quantitative estimate of drug-likeness (QED) is 0.842. The third-order valence-electron chi connectivity index (χ3n) is 4.25. The fourth-order valence-electron chi connectivity index (χ4n) is 2.94. The van der Waals surface area contributed by atoms with Crippen LogP contribution in [0.2, 0.25) is 0 Å². The lowest BCUT2D eigenvalue weighted by Gasteiger charge is -2.34. The molecule has 1 saturated carbocycles. The molecular weight excluding hydrogens is 297 g/mol. The Morgan fingerprint density at radius 1 is 1.40 bits per heavy atom. The highest BCUT2D eigenvalue weighted by Crippen LogP contribution is 2.53. The first-order chi connectivity index (χ1) is 9.42. The molecule has 3 nitrogen and oxygen atoms in total. The largest absolute Gasteiger partial charge is 0.383 e. The average molecular weight is 314 g/mol. The van der Waals surface area contributed by atoms with Crippen LogP contribution in [0.25, 0.3) is 0 Å². The zero-order valence-electron chi connectivity index (χ0n) is 11.0. The Hall–Kier alpha value is -0.770. The first-order valence-corrected chi connectivity index (χ1v) is 7.64. The van der Waals surface area contributed by atoms with E-state index in [4.69, 9.17) is 23.2 Å². The maximum absolute atomic E-state index is 11.9. The van der Waals surface area contributed by atoms with Gasteiger partial charge in [-0.25, -0.2) is 0 Å². The number of carbonyl (C=O) groups excluding carboxylic acids is 1. The summed E-state index contributed by atoms with van der Waals surface area (Å²) in [6.07, 6.45) is 3.03. The van der Waals surface area contributed by atoms with E-state index in [1.165, 1.54) is 0 Å². The van der Waals surface area contributed by atoms with Crippen LogP contribution < -0.4 is 5.32 Å². The van der Waals surface area contributed by atoms with Crippen molar-refractivity contribution in [2.24, 2.45) is 5.92 Å². The van der Waals surface area contributed by atoms with Gasteiger partial charge in [0.25, 0.3) is 0 Å². The van der Waals surface area contributed by atoms with E-state index >= 15 is 0 Å². The van der Waals surface area contributed by atoms with Crippen molar-refractivity contribution in [3.63, 3.8) is 0 Å². The van der Waals surface area contributed by atoms with E-state index in [0.717, 1.165) is 24.0 Å². The molecule has 0 heterocycles. The smallest absolute Gasteiger partial charge is 0.226 e. The Morgan fingerprint density at radius 3 is 2.80 bits per heavy atom. The molecule has 1 amide bonds. The number of aliphatic hydroxyl groups is 1. The van der Waals surface area contributed by atoms with Crippen molar-refractivity contribution in [2.75, 3.05) is 6.54 Å². The van der Waals surface area contributed by atoms with Gasteiger partial charge in [-0.1, -0.05) is 24.3 Å². The second-order valence-electron chi connectivity index (χ2n) is 5.78. The van der Waals surface area contributed by atoms with E-state index in [1.807, 2.05) is 24.3 Å². The minimum absolute atomic E-state index is 0.175. The van der Waals surface area contributed by atoms with Crippen molar-refractivity contribution in [1.82, 2.24) is 5.32 Å². The fraction of sp³-hybridized carbons (Fsp3) is 0.533. The first-order valence-electron chi connectivity index (χ1n) is 6.89. The van der Waals surface area contributed by atoms with Crippen LogP contribution in [0.15, 0.2) is 24.3 Å². The molecule has 2 aliphatic rings. The predicted octanol–water partition coefficient (Wildman–Crippen LogP) is 2.52. The van der Waals surface area contributed by atoms with E-state index in [0.29, 0.717) is 12.8 Å². The number of halogens is 2. The van der Waals surface area contributed by atoms with Crippen LogP contribution in [-0.4, -0.2) is 21.9 Å². The summed E-state index contributed by atoms with van der Waals surface area (Å²) in [5.74, 6) is -0.528. The van der Waals surface area contributed by atoms with E-state index in [2.05, 4.69) is 5.32 Å². The molecule has 108 valence electrons. The van der Waals surface area contributed by atoms with Gasteiger partial charge in [-0.2, -0.15) is 0 Å². The lowest BCUT2D eigenvalue weighted by Crippen LogP contribution is -2.43. The normalized spacial score (nSPS) is 30.4. The first kappa shape index (κ1) is 14.2. The molecule has 5 heteroatoms. The van der Waals surface area contributed by atoms with Gasteiger partial charge in [-0.05, 0) is 36.8 Å². The topological polar surface area (TPSA) is 49.3 Å². The van der Waals surface area contributed by atoms with Crippen LogP contribution in [0, 0.1) is 5.92 Å². The Labute approximate surface area is 128 Å². The van der Waals surface area contributed by atoms with E-state index in [1.54, 1.807) is 0 Å². The number of nitrogens with one attached hydrogen (secondary N) is 1. The molecule has 1 aromatic rings. The van der Waals surface area contributed by atoms with Crippen molar-refractivity contribution < 1.29 is 9.90 Å². The molecule has 0 unspecified atom stereocenters. The molecule has 0 aliphatic heterocycles. The molecule has 0 bridgehead atoms. The zero-order valence-corrected chi connectivity index (χ0v) is 12.5. The van der Waals surface area contributed by atoms with Crippen molar-refractivity contribution in [3.8, 4) is 0 Å². The number of hydrogen-bond acceptors (Lipinski definition) is 2. The number of amides is 1. The predicted molar refractivity (Wildman–Crippen MR) is 78.8 cm³/mol. The second-order valence-corrected chi connectivity index (χ2v) is 7.32. The lowest BCUT2D eigenvalue weighted by molar-refractivity contribution is -0.123. The second kappa shape index (κ2) is 4.90. The number of benzene rings is 1. The Morgan fingerprint density at radius 2 is 2.10 bits per heavy atom. The molecule has 1 aromatic carbocycles. The monoisotopic (exact) mass is 313 g/mol. The Kier molecular flexibility index (Phi) is 3.47. The molecule has 0 spiro atoms. The summed E-state index contributed by atoms with van der Waals surface area (Å²) < 4.78 is -0.919. The molecule has 1 fully saturated rings. The minimum Gasteiger partial charge on any atom is -0.383 e. The van der Waals surface area contributed by atoms with Crippen LogP contribution in [0.5, 0.6) is 0 Å². The number of aryl methyl sites for hydroxylation is 1. The average Bonchev–Trinajstić information content (AvgIpc) is 3.06. The zero-order chi connectivity index (χ0) is 14.4. The van der Waals surface area contributed by atoms with Crippen molar-refractivity contribution in [1.29, 1.82) is 0 Å². The lowest BCUT2D eigenvalue weighted by atomic mass is 9.79. The summed E-state index contributed by atoms with van der Waals surface area (Å²) in [5.41, 5.74) is 1.09. The molecule has 2 N–H and O–H groups in total. The van der Waals surface area contributed by atoms with E-state index in [9.17, 15) is 9.90 Å². The maximum Gasteiger partial charge on any atom is 0.226 e. The number of alkyl halides is 2. The molecule has 20 heavy (non-hydrogen) atoms. The van der Waals surface area contributed by atoms with E-state index < -0.39 is 9.93 Å². The number of carbonyl (C=O) groups is 1. The van der Waals surface area contributed by atoms with Gasteiger partial charge in [-0.3, -0.25) is 4.79 Å². The van der Waals surface area contributed by atoms with Crippen molar-refractivity contribution in [3.05, 3.63) is 35.4 Å². The van der Waals surface area contributed by atoms with Crippen molar-refractivity contribution in [2.45, 2.75) is 35.6 Å². The Bertz CT molecular complexity index is 546. The molecule has 0 saturated heterocycles. The van der Waals surface area contributed by atoms with Gasteiger partial charge in [0.1, 0.15) is 9.93 Å². The Balaban J connectivity index is 1.70. The van der Waals surface area contributed by atoms with Crippen LogP contribution in [0.4, 0.5) is 0 Å².